The van der Waals surface area contributed by atoms with Crippen LogP contribution in [0, 0.1) is 0 Å². The predicted molar refractivity (Wildman–Crippen MR) is 68.0 cm³/mol. The van der Waals surface area contributed by atoms with Crippen molar-refractivity contribution in [1.82, 2.24) is 0 Å². The second-order valence-electron chi connectivity index (χ2n) is 3.90. The maximum Gasteiger partial charge on any atom is 0.335 e. The third kappa shape index (κ3) is 6.04. The highest BCUT2D eigenvalue weighted by atomic mass is 16.4. The van der Waals surface area contributed by atoms with Crippen LogP contribution in [-0.4, -0.2) is 28.3 Å². The molecule has 0 fully saturated rings. The second-order valence-corrected chi connectivity index (χ2v) is 3.90. The first-order chi connectivity index (χ1) is 7.99. The van der Waals surface area contributed by atoms with Gasteiger partial charge in [0.15, 0.2) is 0 Å². The van der Waals surface area contributed by atoms with Gasteiger partial charge in [0.25, 0.3) is 0 Å². The first kappa shape index (κ1) is 15.6. The number of aliphatic hydroxyl groups is 1. The molecule has 96 valence electrons. The van der Waals surface area contributed by atoms with Crippen molar-refractivity contribution in [3.8, 4) is 0 Å². The summed E-state index contributed by atoms with van der Waals surface area (Å²) in [7, 11) is 0. The van der Waals surface area contributed by atoms with Gasteiger partial charge in [-0.15, -0.1) is 0 Å². The minimum Gasteiger partial charge on any atom is -0.478 e. The molecule has 0 heterocycles. The smallest absolute Gasteiger partial charge is 0.335 e. The largest absolute Gasteiger partial charge is 0.478 e. The summed E-state index contributed by atoms with van der Waals surface area (Å²) in [6.45, 7) is 4.07. The Hall–Kier alpha value is -1.39. The van der Waals surface area contributed by atoms with E-state index in [2.05, 4.69) is 0 Å². The lowest BCUT2D eigenvalue weighted by molar-refractivity contribution is 0.0697. The zero-order valence-corrected chi connectivity index (χ0v) is 10.4. The molecule has 0 saturated heterocycles. The maximum absolute atomic E-state index is 10.2. The highest BCUT2D eigenvalue weighted by Crippen LogP contribution is 2.08. The van der Waals surface area contributed by atoms with Crippen molar-refractivity contribution in [2.75, 3.05) is 6.61 Å². The number of nitrogens with two attached hydrogens (primary N) is 1. The molecule has 0 aliphatic carbocycles. The quantitative estimate of drug-likeness (QED) is 0.749. The van der Waals surface area contributed by atoms with Crippen molar-refractivity contribution in [1.29, 1.82) is 0 Å². The lowest BCUT2D eigenvalue weighted by Gasteiger charge is -2.22. The lowest BCUT2D eigenvalue weighted by atomic mass is 9.96. The van der Waals surface area contributed by atoms with Crippen LogP contribution in [0.3, 0.4) is 0 Å². The first-order valence-corrected chi connectivity index (χ1v) is 5.67. The van der Waals surface area contributed by atoms with Gasteiger partial charge in [-0.1, -0.05) is 32.0 Å². The van der Waals surface area contributed by atoms with E-state index < -0.39 is 5.97 Å². The molecule has 0 aromatic heterocycles. The molecule has 4 nitrogen and oxygen atoms in total. The van der Waals surface area contributed by atoms with Gasteiger partial charge >= 0.3 is 5.97 Å². The van der Waals surface area contributed by atoms with E-state index in [9.17, 15) is 4.79 Å². The van der Waals surface area contributed by atoms with Crippen LogP contribution in [-0.2, 0) is 0 Å². The number of carboxylic acid groups (broad SMARTS) is 1. The fraction of sp³-hybridized carbons (Fsp3) is 0.462. The van der Waals surface area contributed by atoms with Crippen molar-refractivity contribution in [2.45, 2.75) is 32.2 Å². The van der Waals surface area contributed by atoms with E-state index in [4.69, 9.17) is 15.9 Å². The molecule has 0 saturated carbocycles. The van der Waals surface area contributed by atoms with E-state index in [-0.39, 0.29) is 12.1 Å². The highest BCUT2D eigenvalue weighted by molar-refractivity contribution is 5.87. The normalized spacial score (nSPS) is 10.4. The first-order valence-electron chi connectivity index (χ1n) is 5.67. The number of hydrogen-bond donors (Lipinski definition) is 3. The molecular formula is C13H21NO3. The molecule has 0 aliphatic heterocycles. The van der Waals surface area contributed by atoms with Crippen LogP contribution >= 0.6 is 0 Å². The van der Waals surface area contributed by atoms with Gasteiger partial charge in [0.1, 0.15) is 0 Å². The van der Waals surface area contributed by atoms with E-state index >= 15 is 0 Å². The Labute approximate surface area is 102 Å². The minimum atomic E-state index is -0.879. The number of carbonyl (C=O) groups is 1. The van der Waals surface area contributed by atoms with Crippen LogP contribution in [0.25, 0.3) is 0 Å². The molecule has 4 heteroatoms. The molecule has 0 spiro atoms. The topological polar surface area (TPSA) is 83.5 Å². The number of aliphatic hydroxyl groups excluding tert-OH is 1. The van der Waals surface area contributed by atoms with Crippen LogP contribution in [0.4, 0.5) is 0 Å². The van der Waals surface area contributed by atoms with Crippen molar-refractivity contribution >= 4 is 5.97 Å². The summed E-state index contributed by atoms with van der Waals surface area (Å²) in [5, 5.41) is 17.0. The number of rotatable bonds is 4. The summed E-state index contributed by atoms with van der Waals surface area (Å²) in [6, 6.07) is 8.30. The van der Waals surface area contributed by atoms with Gasteiger partial charge in [-0.25, -0.2) is 4.79 Å². The number of carboxylic acids is 1. The van der Waals surface area contributed by atoms with Crippen molar-refractivity contribution in [3.05, 3.63) is 35.9 Å². The molecular weight excluding hydrogens is 218 g/mol. The van der Waals surface area contributed by atoms with Crippen LogP contribution in [0.1, 0.15) is 37.0 Å². The monoisotopic (exact) mass is 239 g/mol. The highest BCUT2D eigenvalue weighted by Gasteiger charge is 2.17. The zero-order valence-electron chi connectivity index (χ0n) is 10.4. The summed E-state index contributed by atoms with van der Waals surface area (Å²) >= 11 is 0. The van der Waals surface area contributed by atoms with Gasteiger partial charge in [0.05, 0.1) is 12.2 Å². The molecule has 0 atom stereocenters. The molecule has 17 heavy (non-hydrogen) atoms. The molecule has 0 radical (unpaired) electrons. The van der Waals surface area contributed by atoms with Crippen LogP contribution in [0.5, 0.6) is 0 Å². The summed E-state index contributed by atoms with van der Waals surface area (Å²) < 4.78 is 0. The van der Waals surface area contributed by atoms with Crippen molar-refractivity contribution < 1.29 is 15.0 Å². The van der Waals surface area contributed by atoms with Crippen LogP contribution in [0.15, 0.2) is 30.3 Å². The van der Waals surface area contributed by atoms with E-state index in [1.165, 1.54) is 0 Å². The van der Waals surface area contributed by atoms with Gasteiger partial charge in [-0.2, -0.15) is 0 Å². The fourth-order valence-electron chi connectivity index (χ4n) is 1.05. The second kappa shape index (κ2) is 7.81. The van der Waals surface area contributed by atoms with Crippen LogP contribution in [0.2, 0.25) is 0 Å². The Balaban J connectivity index is 0.000000304. The number of benzene rings is 1. The number of hydrogen-bond acceptors (Lipinski definition) is 3. The summed E-state index contributed by atoms with van der Waals surface area (Å²) in [5.41, 5.74) is 5.66. The number of aromatic carboxylic acids is 1. The maximum atomic E-state index is 10.2. The Bertz CT molecular complexity index is 312. The Morgan fingerprint density at radius 1 is 1.24 bits per heavy atom. The Morgan fingerprint density at radius 2 is 1.71 bits per heavy atom. The average Bonchev–Trinajstić information content (AvgIpc) is 2.39. The SMILES string of the molecule is CCC(N)(CC)CO.O=C(O)c1ccccc1. The standard InChI is InChI=1S/C7H6O2.C6H15NO/c8-7(9)6-4-2-1-3-5-6;1-3-6(7,4-2)5-8/h1-5H,(H,8,9);8H,3-5,7H2,1-2H3. The van der Waals surface area contributed by atoms with Crippen molar-refractivity contribution in [2.24, 2.45) is 5.73 Å². The van der Waals surface area contributed by atoms with Gasteiger partial charge < -0.3 is 15.9 Å². The van der Waals surface area contributed by atoms with E-state index in [0.717, 1.165) is 12.8 Å². The molecule has 1 rings (SSSR count). The lowest BCUT2D eigenvalue weighted by Crippen LogP contribution is -2.42. The molecule has 1 aromatic carbocycles. The molecule has 0 bridgehead atoms. The zero-order chi connectivity index (χ0) is 13.3. The van der Waals surface area contributed by atoms with Gasteiger partial charge in [0.2, 0.25) is 0 Å². The third-order valence-electron chi connectivity index (χ3n) is 2.74. The summed E-state index contributed by atoms with van der Waals surface area (Å²) in [5.74, 6) is -0.879. The summed E-state index contributed by atoms with van der Waals surface area (Å²) in [4.78, 5) is 10.2. The van der Waals surface area contributed by atoms with Gasteiger partial charge in [-0.05, 0) is 25.0 Å². The Kier molecular flexibility index (Phi) is 7.18. The van der Waals surface area contributed by atoms with E-state index in [0.29, 0.717) is 5.56 Å². The minimum absolute atomic E-state index is 0.0972. The van der Waals surface area contributed by atoms with Gasteiger partial charge in [-0.3, -0.25) is 0 Å². The predicted octanol–water partition coefficient (Wildman–Crippen LogP) is 1.88. The average molecular weight is 239 g/mol. The third-order valence-corrected chi connectivity index (χ3v) is 2.74. The van der Waals surface area contributed by atoms with Crippen LogP contribution < -0.4 is 5.73 Å². The molecule has 1 aromatic rings. The molecule has 0 aliphatic rings. The molecule has 4 N–H and O–H groups in total. The summed E-state index contributed by atoms with van der Waals surface area (Å²) in [6.07, 6.45) is 1.69. The van der Waals surface area contributed by atoms with E-state index in [1.54, 1.807) is 30.3 Å². The van der Waals surface area contributed by atoms with Crippen molar-refractivity contribution in [3.63, 3.8) is 0 Å². The molecule has 0 unspecified atom stereocenters. The van der Waals surface area contributed by atoms with E-state index in [1.807, 2.05) is 13.8 Å². The fourth-order valence-corrected chi connectivity index (χ4v) is 1.05. The van der Waals surface area contributed by atoms with Gasteiger partial charge in [0, 0.05) is 5.54 Å². The molecule has 0 amide bonds. The Morgan fingerprint density at radius 3 is 1.88 bits per heavy atom.